The van der Waals surface area contributed by atoms with E-state index in [1.807, 2.05) is 19.1 Å². The second-order valence-corrected chi connectivity index (χ2v) is 6.64. The molecule has 0 aliphatic rings. The molecule has 2 aromatic heterocycles. The average Bonchev–Trinajstić information content (AvgIpc) is 2.38. The molecule has 0 atom stereocenters. The molecule has 1 N–H and O–H groups in total. The van der Waals surface area contributed by atoms with Crippen LogP contribution in [0.4, 0.5) is 5.82 Å². The number of hydrogen-bond acceptors (Lipinski definition) is 6. The molecule has 0 unspecified atom stereocenters. The fourth-order valence-electron chi connectivity index (χ4n) is 1.66. The molecule has 0 bridgehead atoms. The first kappa shape index (κ1) is 14.6. The van der Waals surface area contributed by atoms with Crippen molar-refractivity contribution in [3.8, 4) is 0 Å². The second kappa shape index (κ2) is 5.68. The number of fused-ring (bicyclic) bond motifs is 1. The van der Waals surface area contributed by atoms with Gasteiger partial charge < -0.3 is 5.32 Å². The van der Waals surface area contributed by atoms with Crippen molar-refractivity contribution in [3.63, 3.8) is 0 Å². The molecule has 0 aliphatic carbocycles. The van der Waals surface area contributed by atoms with E-state index in [1.165, 1.54) is 23.9 Å². The molecule has 8 heteroatoms. The highest BCUT2D eigenvalue weighted by molar-refractivity contribution is 7.88. The molecule has 0 aromatic carbocycles. The monoisotopic (exact) mass is 295 g/mol. The summed E-state index contributed by atoms with van der Waals surface area (Å²) in [5.41, 5.74) is 2.32. The zero-order chi connectivity index (χ0) is 14.8. The normalized spacial score (nSPS) is 12.0. The Balaban J connectivity index is 2.12. The highest BCUT2D eigenvalue weighted by Gasteiger charge is 2.10. The maximum Gasteiger partial charge on any atom is 0.211 e. The predicted molar refractivity (Wildman–Crippen MR) is 78.0 cm³/mol. The Morgan fingerprint density at radius 2 is 2.05 bits per heavy atom. The van der Waals surface area contributed by atoms with Crippen LogP contribution >= 0.6 is 0 Å². The van der Waals surface area contributed by atoms with Gasteiger partial charge in [0.1, 0.15) is 11.8 Å². The van der Waals surface area contributed by atoms with Crippen LogP contribution in [0.1, 0.15) is 5.69 Å². The summed E-state index contributed by atoms with van der Waals surface area (Å²) >= 11 is 0. The molecule has 0 amide bonds. The summed E-state index contributed by atoms with van der Waals surface area (Å²) in [7, 11) is -1.62. The molecule has 0 saturated carbocycles. The fraction of sp³-hybridized carbons (Fsp3) is 0.417. The number of hydrogen-bond donors (Lipinski definition) is 1. The summed E-state index contributed by atoms with van der Waals surface area (Å²) < 4.78 is 23.9. The van der Waals surface area contributed by atoms with Gasteiger partial charge in [0, 0.05) is 25.8 Å². The standard InChI is InChI=1S/C12H17N5O2S/c1-9-4-5-10-11(16-9)12(15-8-14-10)13-6-7-17(2)20(3,18)19/h4-5,8H,6-7H2,1-3H3,(H,13,14,15). The number of rotatable bonds is 5. The molecule has 0 radical (unpaired) electrons. The largest absolute Gasteiger partial charge is 0.367 e. The van der Waals surface area contributed by atoms with Crippen molar-refractivity contribution < 1.29 is 8.42 Å². The van der Waals surface area contributed by atoms with Gasteiger partial charge in [-0.2, -0.15) is 0 Å². The van der Waals surface area contributed by atoms with Gasteiger partial charge in [0.25, 0.3) is 0 Å². The number of aromatic nitrogens is 3. The number of aryl methyl sites for hydroxylation is 1. The zero-order valence-corrected chi connectivity index (χ0v) is 12.5. The fourth-order valence-corrected chi connectivity index (χ4v) is 2.09. The summed E-state index contributed by atoms with van der Waals surface area (Å²) in [4.78, 5) is 12.7. The number of anilines is 1. The second-order valence-electron chi connectivity index (χ2n) is 4.55. The van der Waals surface area contributed by atoms with Crippen molar-refractivity contribution in [1.29, 1.82) is 0 Å². The average molecular weight is 295 g/mol. The molecular weight excluding hydrogens is 278 g/mol. The summed E-state index contributed by atoms with van der Waals surface area (Å²) in [5, 5.41) is 3.10. The van der Waals surface area contributed by atoms with Gasteiger partial charge in [-0.25, -0.2) is 27.7 Å². The van der Waals surface area contributed by atoms with Gasteiger partial charge in [0.05, 0.1) is 11.8 Å². The highest BCUT2D eigenvalue weighted by atomic mass is 32.2. The minimum atomic E-state index is -3.16. The van der Waals surface area contributed by atoms with Crippen LogP contribution in [0.3, 0.4) is 0 Å². The van der Waals surface area contributed by atoms with E-state index in [9.17, 15) is 8.42 Å². The minimum absolute atomic E-state index is 0.357. The van der Waals surface area contributed by atoms with E-state index in [0.29, 0.717) is 24.4 Å². The van der Waals surface area contributed by atoms with Gasteiger partial charge in [0.2, 0.25) is 10.0 Å². The third-order valence-corrected chi connectivity index (χ3v) is 4.22. The summed E-state index contributed by atoms with van der Waals surface area (Å²) in [6, 6.07) is 3.77. The van der Waals surface area contributed by atoms with Crippen LogP contribution in [0.25, 0.3) is 11.0 Å². The van der Waals surface area contributed by atoms with Crippen molar-refractivity contribution in [3.05, 3.63) is 24.2 Å². The van der Waals surface area contributed by atoms with E-state index >= 15 is 0 Å². The Morgan fingerprint density at radius 3 is 2.75 bits per heavy atom. The van der Waals surface area contributed by atoms with Crippen LogP contribution in [-0.2, 0) is 10.0 Å². The summed E-state index contributed by atoms with van der Waals surface area (Å²) in [5.74, 6) is 0.612. The van der Waals surface area contributed by atoms with E-state index in [1.54, 1.807) is 0 Å². The van der Waals surface area contributed by atoms with Gasteiger partial charge >= 0.3 is 0 Å². The van der Waals surface area contributed by atoms with Crippen LogP contribution in [0, 0.1) is 6.92 Å². The molecule has 2 heterocycles. The summed E-state index contributed by atoms with van der Waals surface area (Å²) in [6.45, 7) is 2.70. The molecule has 0 fully saturated rings. The van der Waals surface area contributed by atoms with E-state index in [2.05, 4.69) is 20.3 Å². The van der Waals surface area contributed by atoms with Gasteiger partial charge in [-0.05, 0) is 19.1 Å². The first-order valence-electron chi connectivity index (χ1n) is 6.11. The molecule has 0 spiro atoms. The highest BCUT2D eigenvalue weighted by Crippen LogP contribution is 2.16. The Kier molecular flexibility index (Phi) is 4.15. The van der Waals surface area contributed by atoms with E-state index in [0.717, 1.165) is 11.2 Å². The first-order chi connectivity index (χ1) is 9.38. The van der Waals surface area contributed by atoms with Crippen molar-refractivity contribution in [1.82, 2.24) is 19.3 Å². The van der Waals surface area contributed by atoms with Crippen LogP contribution in [0.5, 0.6) is 0 Å². The van der Waals surface area contributed by atoms with Crippen LogP contribution in [-0.4, -0.2) is 54.1 Å². The quantitative estimate of drug-likeness (QED) is 0.870. The van der Waals surface area contributed by atoms with Crippen molar-refractivity contribution in [2.24, 2.45) is 0 Å². The van der Waals surface area contributed by atoms with E-state index in [-0.39, 0.29) is 0 Å². The number of nitrogens with one attached hydrogen (secondary N) is 1. The molecule has 7 nitrogen and oxygen atoms in total. The molecular formula is C12H17N5O2S. The number of likely N-dealkylation sites (N-methyl/N-ethyl adjacent to an activating group) is 1. The lowest BCUT2D eigenvalue weighted by atomic mass is 10.3. The van der Waals surface area contributed by atoms with Crippen LogP contribution in [0.2, 0.25) is 0 Å². The molecule has 20 heavy (non-hydrogen) atoms. The third-order valence-electron chi connectivity index (χ3n) is 2.91. The van der Waals surface area contributed by atoms with Crippen LogP contribution < -0.4 is 5.32 Å². The lowest BCUT2D eigenvalue weighted by Crippen LogP contribution is -2.30. The van der Waals surface area contributed by atoms with Gasteiger partial charge in [0.15, 0.2) is 5.82 Å². The third kappa shape index (κ3) is 3.40. The van der Waals surface area contributed by atoms with Gasteiger partial charge in [-0.3, -0.25) is 0 Å². The lowest BCUT2D eigenvalue weighted by molar-refractivity contribution is 0.486. The Morgan fingerprint density at radius 1 is 1.30 bits per heavy atom. The predicted octanol–water partition coefficient (Wildman–Crippen LogP) is 0.637. The molecule has 2 rings (SSSR count). The topological polar surface area (TPSA) is 88.1 Å². The number of pyridine rings is 1. The molecule has 0 saturated heterocycles. The Bertz CT molecular complexity index is 717. The molecule has 108 valence electrons. The Hall–Kier alpha value is -1.80. The number of nitrogens with zero attached hydrogens (tertiary/aromatic N) is 4. The van der Waals surface area contributed by atoms with Gasteiger partial charge in [-0.15, -0.1) is 0 Å². The van der Waals surface area contributed by atoms with E-state index < -0.39 is 10.0 Å². The van der Waals surface area contributed by atoms with Crippen LogP contribution in [0.15, 0.2) is 18.5 Å². The number of sulfonamides is 1. The smallest absolute Gasteiger partial charge is 0.211 e. The summed E-state index contributed by atoms with van der Waals surface area (Å²) in [6.07, 6.45) is 2.64. The maximum atomic E-state index is 11.3. The molecule has 0 aliphatic heterocycles. The van der Waals surface area contributed by atoms with E-state index in [4.69, 9.17) is 0 Å². The minimum Gasteiger partial charge on any atom is -0.367 e. The van der Waals surface area contributed by atoms with Crippen molar-refractivity contribution in [2.45, 2.75) is 6.92 Å². The lowest BCUT2D eigenvalue weighted by Gasteiger charge is -2.14. The van der Waals surface area contributed by atoms with Crippen molar-refractivity contribution >= 4 is 26.9 Å². The van der Waals surface area contributed by atoms with Crippen molar-refractivity contribution in [2.75, 3.05) is 31.7 Å². The zero-order valence-electron chi connectivity index (χ0n) is 11.7. The maximum absolute atomic E-state index is 11.3. The van der Waals surface area contributed by atoms with Gasteiger partial charge in [-0.1, -0.05) is 0 Å². The molecule has 2 aromatic rings. The Labute approximate surface area is 118 Å². The SMILES string of the molecule is Cc1ccc2ncnc(NCCN(C)S(C)(=O)=O)c2n1. The first-order valence-corrected chi connectivity index (χ1v) is 7.96.